The highest BCUT2D eigenvalue weighted by Gasteiger charge is 2.47. The Bertz CT molecular complexity index is 504. The Balaban J connectivity index is 1.55. The summed E-state index contributed by atoms with van der Waals surface area (Å²) in [5, 5.41) is 10.1. The summed E-state index contributed by atoms with van der Waals surface area (Å²) in [4.78, 5) is 11.9. The smallest absolute Gasteiger partial charge is 0.338 e. The van der Waals surface area contributed by atoms with Gasteiger partial charge in [-0.3, -0.25) is 0 Å². The van der Waals surface area contributed by atoms with Crippen LogP contribution in [0.2, 0.25) is 0 Å². The van der Waals surface area contributed by atoms with Crippen molar-refractivity contribution in [3.63, 3.8) is 0 Å². The quantitative estimate of drug-likeness (QED) is 0.735. The number of nitrogens with two attached hydrogens (primary N) is 1. The molecule has 2 saturated heterocycles. The Morgan fingerprint density at radius 3 is 2.64 bits per heavy atom. The highest BCUT2D eigenvalue weighted by Crippen LogP contribution is 2.26. The van der Waals surface area contributed by atoms with Gasteiger partial charge in [-0.25, -0.2) is 4.79 Å². The fraction of sp³-hybridized carbons (Fsp3) is 0.533. The predicted octanol–water partition coefficient (Wildman–Crippen LogP) is -0.328. The molecule has 0 aliphatic carbocycles. The number of ether oxygens (including phenoxy) is 4. The van der Waals surface area contributed by atoms with Crippen molar-refractivity contribution in [2.24, 2.45) is 5.73 Å². The molecule has 0 bridgehead atoms. The van der Waals surface area contributed by atoms with Gasteiger partial charge in [0.15, 0.2) is 6.29 Å². The van der Waals surface area contributed by atoms with Crippen LogP contribution in [0.15, 0.2) is 30.3 Å². The van der Waals surface area contributed by atoms with Gasteiger partial charge in [0.2, 0.25) is 0 Å². The number of carbonyl (C=O) groups is 1. The monoisotopic (exact) mass is 309 g/mol. The summed E-state index contributed by atoms with van der Waals surface area (Å²) in [7, 11) is 0. The van der Waals surface area contributed by atoms with E-state index >= 15 is 0 Å². The lowest BCUT2D eigenvalue weighted by molar-refractivity contribution is -0.146. The van der Waals surface area contributed by atoms with Gasteiger partial charge in [-0.2, -0.15) is 0 Å². The standard InChI is InChI=1S/C15H19NO6/c16-11-12(17)10(22-13(11)15-19-6-7-20-15)8-21-14(18)9-4-2-1-3-5-9/h1-5,10-13,15,17H,6-8,16H2/t10-,11-,12-,13-/m1/s1. The van der Waals surface area contributed by atoms with Crippen LogP contribution in [0.25, 0.3) is 0 Å². The van der Waals surface area contributed by atoms with Crippen molar-refractivity contribution in [2.75, 3.05) is 19.8 Å². The van der Waals surface area contributed by atoms with Gasteiger partial charge >= 0.3 is 5.97 Å². The average molecular weight is 309 g/mol. The summed E-state index contributed by atoms with van der Waals surface area (Å²) in [6, 6.07) is 7.97. The van der Waals surface area contributed by atoms with Gasteiger partial charge in [0.25, 0.3) is 0 Å². The molecular formula is C15H19NO6. The van der Waals surface area contributed by atoms with Gasteiger partial charge in [-0.1, -0.05) is 18.2 Å². The van der Waals surface area contributed by atoms with E-state index in [2.05, 4.69) is 0 Å². The van der Waals surface area contributed by atoms with Crippen LogP contribution < -0.4 is 5.73 Å². The third-order valence-electron chi connectivity index (χ3n) is 3.79. The molecule has 2 fully saturated rings. The summed E-state index contributed by atoms with van der Waals surface area (Å²) in [5.74, 6) is -0.471. The normalized spacial score (nSPS) is 32.3. The summed E-state index contributed by atoms with van der Waals surface area (Å²) in [5.41, 5.74) is 6.38. The number of benzene rings is 1. The largest absolute Gasteiger partial charge is 0.459 e. The molecule has 7 heteroatoms. The Morgan fingerprint density at radius 1 is 1.27 bits per heavy atom. The maximum absolute atomic E-state index is 11.9. The molecule has 2 heterocycles. The number of hydrogen-bond donors (Lipinski definition) is 2. The number of aliphatic hydroxyl groups excluding tert-OH is 1. The Kier molecular flexibility index (Phi) is 4.70. The molecule has 0 radical (unpaired) electrons. The fourth-order valence-corrected chi connectivity index (χ4v) is 2.58. The summed E-state index contributed by atoms with van der Waals surface area (Å²) in [6.07, 6.45) is -2.79. The second kappa shape index (κ2) is 6.72. The molecule has 2 aliphatic heterocycles. The Morgan fingerprint density at radius 2 is 1.95 bits per heavy atom. The molecule has 22 heavy (non-hydrogen) atoms. The van der Waals surface area contributed by atoms with E-state index in [1.807, 2.05) is 6.07 Å². The van der Waals surface area contributed by atoms with Gasteiger partial charge in [0, 0.05) is 0 Å². The van der Waals surface area contributed by atoms with Crippen LogP contribution in [0.4, 0.5) is 0 Å². The van der Waals surface area contributed by atoms with Crippen molar-refractivity contribution in [1.82, 2.24) is 0 Å². The molecule has 7 nitrogen and oxygen atoms in total. The number of hydrogen-bond acceptors (Lipinski definition) is 7. The summed E-state index contributed by atoms with van der Waals surface area (Å²) >= 11 is 0. The van der Waals surface area contributed by atoms with Crippen LogP contribution in [0, 0.1) is 0 Å². The number of esters is 1. The van der Waals surface area contributed by atoms with Gasteiger partial charge in [-0.05, 0) is 12.1 Å². The fourth-order valence-electron chi connectivity index (χ4n) is 2.58. The molecule has 2 aliphatic rings. The second-order valence-corrected chi connectivity index (χ2v) is 5.28. The van der Waals surface area contributed by atoms with Crippen LogP contribution in [0.1, 0.15) is 10.4 Å². The molecule has 0 amide bonds. The van der Waals surface area contributed by atoms with E-state index in [1.165, 1.54) is 0 Å². The van der Waals surface area contributed by atoms with Gasteiger partial charge in [-0.15, -0.1) is 0 Å². The lowest BCUT2D eigenvalue weighted by Gasteiger charge is -2.20. The minimum Gasteiger partial charge on any atom is -0.459 e. The third-order valence-corrected chi connectivity index (χ3v) is 3.79. The molecule has 3 rings (SSSR count). The molecular weight excluding hydrogens is 290 g/mol. The zero-order chi connectivity index (χ0) is 15.5. The minimum absolute atomic E-state index is 0.0776. The van der Waals surface area contributed by atoms with Crippen molar-refractivity contribution in [2.45, 2.75) is 30.6 Å². The first-order valence-electron chi connectivity index (χ1n) is 7.21. The van der Waals surface area contributed by atoms with E-state index in [1.54, 1.807) is 24.3 Å². The van der Waals surface area contributed by atoms with Crippen molar-refractivity contribution < 1.29 is 28.8 Å². The molecule has 0 spiro atoms. The zero-order valence-electron chi connectivity index (χ0n) is 12.0. The van der Waals surface area contributed by atoms with Crippen LogP contribution in [-0.4, -0.2) is 61.5 Å². The first-order chi connectivity index (χ1) is 10.7. The molecule has 3 N–H and O–H groups in total. The van der Waals surface area contributed by atoms with Crippen LogP contribution in [0.5, 0.6) is 0 Å². The molecule has 1 aromatic carbocycles. The molecule has 4 atom stereocenters. The average Bonchev–Trinajstić information content (AvgIpc) is 3.16. The number of rotatable bonds is 4. The van der Waals surface area contributed by atoms with Crippen molar-refractivity contribution in [1.29, 1.82) is 0 Å². The number of aliphatic hydroxyl groups is 1. The minimum atomic E-state index is -0.943. The third kappa shape index (κ3) is 3.13. The SMILES string of the molecule is N[C@@H]1[C@H](O)[C@@H](COC(=O)c2ccccc2)O[C@H]1C1OCCO1. The van der Waals surface area contributed by atoms with Gasteiger partial charge < -0.3 is 29.8 Å². The molecule has 120 valence electrons. The maximum atomic E-state index is 11.9. The Labute approximate surface area is 127 Å². The van der Waals surface area contributed by atoms with Crippen molar-refractivity contribution in [3.8, 4) is 0 Å². The van der Waals surface area contributed by atoms with E-state index in [0.717, 1.165) is 0 Å². The first-order valence-corrected chi connectivity index (χ1v) is 7.21. The summed E-state index contributed by atoms with van der Waals surface area (Å²) < 4.78 is 21.5. The molecule has 0 saturated carbocycles. The van der Waals surface area contributed by atoms with E-state index < -0.39 is 36.6 Å². The Hall–Kier alpha value is -1.51. The van der Waals surface area contributed by atoms with Crippen LogP contribution in [0.3, 0.4) is 0 Å². The molecule has 0 unspecified atom stereocenters. The first kappa shape index (κ1) is 15.4. The van der Waals surface area contributed by atoms with Gasteiger partial charge in [0.05, 0.1) is 24.8 Å². The van der Waals surface area contributed by atoms with E-state index in [4.69, 9.17) is 24.7 Å². The molecule has 1 aromatic rings. The number of carbonyl (C=O) groups excluding carboxylic acids is 1. The lowest BCUT2D eigenvalue weighted by atomic mass is 10.1. The maximum Gasteiger partial charge on any atom is 0.338 e. The van der Waals surface area contributed by atoms with Crippen LogP contribution in [-0.2, 0) is 18.9 Å². The predicted molar refractivity (Wildman–Crippen MR) is 75.1 cm³/mol. The van der Waals surface area contributed by atoms with Crippen LogP contribution >= 0.6 is 0 Å². The second-order valence-electron chi connectivity index (χ2n) is 5.28. The lowest BCUT2D eigenvalue weighted by Crippen LogP contribution is -2.46. The summed E-state index contributed by atoms with van der Waals surface area (Å²) in [6.45, 7) is 0.869. The van der Waals surface area contributed by atoms with Crippen molar-refractivity contribution >= 4 is 5.97 Å². The van der Waals surface area contributed by atoms with E-state index in [9.17, 15) is 9.90 Å². The van der Waals surface area contributed by atoms with E-state index in [0.29, 0.717) is 18.8 Å². The highest BCUT2D eigenvalue weighted by atomic mass is 16.7. The van der Waals surface area contributed by atoms with Crippen molar-refractivity contribution in [3.05, 3.63) is 35.9 Å². The highest BCUT2D eigenvalue weighted by molar-refractivity contribution is 5.89. The van der Waals surface area contributed by atoms with E-state index in [-0.39, 0.29) is 6.61 Å². The topological polar surface area (TPSA) is 100 Å². The van der Waals surface area contributed by atoms with Gasteiger partial charge in [0.1, 0.15) is 24.9 Å². The molecule has 0 aromatic heterocycles. The zero-order valence-corrected chi connectivity index (χ0v) is 12.0.